The van der Waals surface area contributed by atoms with Gasteiger partial charge in [-0.1, -0.05) is 5.92 Å². The highest BCUT2D eigenvalue weighted by molar-refractivity contribution is 5.97. The highest BCUT2D eigenvalue weighted by atomic mass is 16.3. The summed E-state index contributed by atoms with van der Waals surface area (Å²) in [7, 11) is 0. The lowest BCUT2D eigenvalue weighted by Crippen LogP contribution is -1.93. The van der Waals surface area contributed by atoms with Crippen molar-refractivity contribution in [3.63, 3.8) is 0 Å². The molecule has 2 nitrogen and oxygen atoms in total. The van der Waals surface area contributed by atoms with Crippen molar-refractivity contribution < 1.29 is 9.21 Å². The van der Waals surface area contributed by atoms with Crippen molar-refractivity contribution in [1.82, 2.24) is 0 Å². The number of ketones is 1. The van der Waals surface area contributed by atoms with E-state index in [9.17, 15) is 4.79 Å². The average molecular weight is 148 g/mol. The van der Waals surface area contributed by atoms with Gasteiger partial charge in [0.05, 0.1) is 12.0 Å². The molecule has 0 unspecified atom stereocenters. The Morgan fingerprint density at radius 3 is 3.00 bits per heavy atom. The third-order valence-electron chi connectivity index (χ3n) is 1.32. The number of rotatable bonds is 2. The molecule has 0 aromatic carbocycles. The Kier molecular flexibility index (Phi) is 2.12. The molecule has 0 N–H and O–H groups in total. The molecule has 0 spiro atoms. The Hall–Kier alpha value is -1.49. The van der Waals surface area contributed by atoms with Crippen LogP contribution in [0.15, 0.2) is 16.7 Å². The Balaban J connectivity index is 2.78. The molecule has 0 radical (unpaired) electrons. The first-order chi connectivity index (χ1) is 5.24. The number of aryl methyl sites for hydroxylation is 1. The van der Waals surface area contributed by atoms with E-state index in [1.54, 1.807) is 13.0 Å². The lowest BCUT2D eigenvalue weighted by atomic mass is 10.2. The highest BCUT2D eigenvalue weighted by Crippen LogP contribution is 2.07. The molecule has 0 amide bonds. The summed E-state index contributed by atoms with van der Waals surface area (Å²) in [5, 5.41) is 0. The summed E-state index contributed by atoms with van der Waals surface area (Å²) in [6, 6.07) is 1.68. The second-order valence-electron chi connectivity index (χ2n) is 2.25. The topological polar surface area (TPSA) is 30.2 Å². The number of hydrogen-bond donors (Lipinski definition) is 0. The maximum Gasteiger partial charge on any atom is 0.177 e. The van der Waals surface area contributed by atoms with E-state index < -0.39 is 0 Å². The molecule has 0 saturated heterocycles. The van der Waals surface area contributed by atoms with Crippen molar-refractivity contribution in [2.75, 3.05) is 0 Å². The van der Waals surface area contributed by atoms with E-state index in [0.717, 1.165) is 5.76 Å². The number of Topliss-reactive ketones (excluding diaryl/α,β-unsaturated/α-hetero) is 1. The summed E-state index contributed by atoms with van der Waals surface area (Å²) in [6.45, 7) is 1.78. The molecule has 0 saturated carbocycles. The lowest BCUT2D eigenvalue weighted by molar-refractivity contribution is 0.0997. The molecule has 0 fully saturated rings. The van der Waals surface area contributed by atoms with Crippen LogP contribution in [-0.4, -0.2) is 5.78 Å². The van der Waals surface area contributed by atoms with Gasteiger partial charge in [-0.05, 0) is 13.0 Å². The fourth-order valence-electron chi connectivity index (χ4n) is 0.784. The predicted molar refractivity (Wildman–Crippen MR) is 41.2 cm³/mol. The summed E-state index contributed by atoms with van der Waals surface area (Å²) < 4.78 is 4.94. The van der Waals surface area contributed by atoms with Crippen LogP contribution in [0.1, 0.15) is 22.5 Å². The monoisotopic (exact) mass is 148 g/mol. The minimum Gasteiger partial charge on any atom is -0.469 e. The van der Waals surface area contributed by atoms with Gasteiger partial charge in [0, 0.05) is 0 Å². The first kappa shape index (κ1) is 7.62. The van der Waals surface area contributed by atoms with Gasteiger partial charge in [0.15, 0.2) is 5.78 Å². The number of carbonyl (C=O) groups is 1. The Morgan fingerprint density at radius 2 is 2.55 bits per heavy atom. The van der Waals surface area contributed by atoms with E-state index in [-0.39, 0.29) is 12.2 Å². The van der Waals surface area contributed by atoms with Crippen molar-refractivity contribution in [1.29, 1.82) is 0 Å². The first-order valence-electron chi connectivity index (χ1n) is 3.26. The maximum atomic E-state index is 11.1. The third kappa shape index (κ3) is 1.71. The fourth-order valence-corrected chi connectivity index (χ4v) is 0.784. The van der Waals surface area contributed by atoms with Crippen molar-refractivity contribution in [2.45, 2.75) is 13.3 Å². The molecule has 1 aromatic heterocycles. The smallest absolute Gasteiger partial charge is 0.177 e. The molecule has 1 rings (SSSR count). The zero-order chi connectivity index (χ0) is 8.27. The zero-order valence-electron chi connectivity index (χ0n) is 6.26. The van der Waals surface area contributed by atoms with Crippen LogP contribution in [0, 0.1) is 19.3 Å². The van der Waals surface area contributed by atoms with Crippen LogP contribution in [0.4, 0.5) is 0 Å². The van der Waals surface area contributed by atoms with Crippen molar-refractivity contribution in [2.24, 2.45) is 0 Å². The summed E-state index contributed by atoms with van der Waals surface area (Å²) >= 11 is 0. The van der Waals surface area contributed by atoms with Crippen molar-refractivity contribution in [3.05, 3.63) is 23.7 Å². The van der Waals surface area contributed by atoms with Crippen LogP contribution in [0.5, 0.6) is 0 Å². The molecule has 56 valence electrons. The highest BCUT2D eigenvalue weighted by Gasteiger charge is 2.05. The van der Waals surface area contributed by atoms with Crippen LogP contribution in [0.3, 0.4) is 0 Å². The third-order valence-corrected chi connectivity index (χ3v) is 1.32. The second kappa shape index (κ2) is 3.07. The molecule has 2 heteroatoms. The molecule has 1 aromatic rings. The molecule has 0 bridgehead atoms. The lowest BCUT2D eigenvalue weighted by Gasteiger charge is -1.85. The molecule has 0 aliphatic carbocycles. The van der Waals surface area contributed by atoms with E-state index in [2.05, 4.69) is 5.92 Å². The van der Waals surface area contributed by atoms with E-state index >= 15 is 0 Å². The normalized spacial score (nSPS) is 9.09. The first-order valence-corrected chi connectivity index (χ1v) is 3.26. The van der Waals surface area contributed by atoms with Crippen molar-refractivity contribution >= 4 is 5.78 Å². The molecular formula is C9H8O2. The largest absolute Gasteiger partial charge is 0.469 e. The maximum absolute atomic E-state index is 11.1. The van der Waals surface area contributed by atoms with Gasteiger partial charge in [0.25, 0.3) is 0 Å². The quantitative estimate of drug-likeness (QED) is 0.472. The second-order valence-corrected chi connectivity index (χ2v) is 2.25. The summed E-state index contributed by atoms with van der Waals surface area (Å²) in [5.41, 5.74) is 0.556. The van der Waals surface area contributed by atoms with E-state index in [1.165, 1.54) is 6.26 Å². The van der Waals surface area contributed by atoms with Gasteiger partial charge in [-0.2, -0.15) is 0 Å². The van der Waals surface area contributed by atoms with Crippen LogP contribution in [0.25, 0.3) is 0 Å². The number of hydrogen-bond acceptors (Lipinski definition) is 2. The minimum absolute atomic E-state index is 0.0654. The van der Waals surface area contributed by atoms with Crippen LogP contribution < -0.4 is 0 Å². The van der Waals surface area contributed by atoms with Gasteiger partial charge >= 0.3 is 0 Å². The van der Waals surface area contributed by atoms with Crippen LogP contribution in [0.2, 0.25) is 0 Å². The Morgan fingerprint density at radius 1 is 1.82 bits per heavy atom. The molecule has 0 atom stereocenters. The van der Waals surface area contributed by atoms with Crippen LogP contribution >= 0.6 is 0 Å². The van der Waals surface area contributed by atoms with Crippen molar-refractivity contribution in [3.8, 4) is 12.3 Å². The van der Waals surface area contributed by atoms with Crippen LogP contribution in [-0.2, 0) is 0 Å². The number of furan rings is 1. The molecule has 1 heterocycles. The van der Waals surface area contributed by atoms with Gasteiger partial charge in [-0.3, -0.25) is 4.79 Å². The zero-order valence-corrected chi connectivity index (χ0v) is 6.26. The van der Waals surface area contributed by atoms with E-state index in [4.69, 9.17) is 10.8 Å². The predicted octanol–water partition coefficient (Wildman–Crippen LogP) is 1.79. The van der Waals surface area contributed by atoms with Gasteiger partial charge in [0.2, 0.25) is 0 Å². The Bertz CT molecular complexity index is 302. The molecule has 11 heavy (non-hydrogen) atoms. The fraction of sp³-hybridized carbons (Fsp3) is 0.222. The number of terminal acetylenes is 1. The van der Waals surface area contributed by atoms with Gasteiger partial charge in [-0.25, -0.2) is 0 Å². The summed E-state index contributed by atoms with van der Waals surface area (Å²) in [5.74, 6) is 2.95. The molecule has 0 aliphatic heterocycles. The van der Waals surface area contributed by atoms with E-state index in [0.29, 0.717) is 5.56 Å². The van der Waals surface area contributed by atoms with Gasteiger partial charge in [0.1, 0.15) is 12.0 Å². The van der Waals surface area contributed by atoms with Gasteiger partial charge < -0.3 is 4.42 Å². The standard InChI is InChI=1S/C9H8O2/c1-3-4-9(10)8-5-7(2)11-6-8/h1,5-6H,4H2,2H3. The summed E-state index contributed by atoms with van der Waals surface area (Å²) in [6.07, 6.45) is 6.54. The van der Waals surface area contributed by atoms with E-state index in [1.807, 2.05) is 0 Å². The molecule has 0 aliphatic rings. The molecular weight excluding hydrogens is 140 g/mol. The summed E-state index contributed by atoms with van der Waals surface area (Å²) in [4.78, 5) is 11.1. The number of carbonyl (C=O) groups excluding carboxylic acids is 1. The average Bonchev–Trinajstić information content (AvgIpc) is 2.36. The SMILES string of the molecule is C#CCC(=O)c1coc(C)c1. The minimum atomic E-state index is -0.0654. The Labute approximate surface area is 65.2 Å². The van der Waals surface area contributed by atoms with Gasteiger partial charge in [-0.15, -0.1) is 6.42 Å².